The van der Waals surface area contributed by atoms with E-state index in [0.29, 0.717) is 5.56 Å². The van der Waals surface area contributed by atoms with Crippen molar-refractivity contribution in [1.29, 1.82) is 0 Å². The number of para-hydroxylation sites is 2. The van der Waals surface area contributed by atoms with Crippen LogP contribution in [0.4, 0.5) is 4.39 Å². The number of imidazole rings is 1. The van der Waals surface area contributed by atoms with Gasteiger partial charge in [0.05, 0.1) is 5.56 Å². The van der Waals surface area contributed by atoms with E-state index in [9.17, 15) is 9.18 Å². The second-order valence-electron chi connectivity index (χ2n) is 3.98. The lowest BCUT2D eigenvalue weighted by atomic mass is 10.2. The van der Waals surface area contributed by atoms with Gasteiger partial charge in [-0.2, -0.15) is 4.57 Å². The number of carbonyl (C=O) groups is 1. The van der Waals surface area contributed by atoms with Gasteiger partial charge in [0.2, 0.25) is 6.33 Å². The smallest absolute Gasteiger partial charge is 0.243 e. The molecule has 0 aliphatic carbocycles. The van der Waals surface area contributed by atoms with Crippen LogP contribution in [-0.4, -0.2) is 10.5 Å². The fourth-order valence-corrected chi connectivity index (χ4v) is 1.94. The zero-order valence-electron chi connectivity index (χ0n) is 9.43. The number of hydrogen-bond donors (Lipinski definition) is 0. The molecule has 3 aromatic rings. The Morgan fingerprint density at radius 2 is 1.94 bits per heavy atom. The van der Waals surface area contributed by atoms with Crippen LogP contribution in [0.2, 0.25) is 0 Å². The van der Waals surface area contributed by atoms with E-state index in [1.807, 2.05) is 24.3 Å². The van der Waals surface area contributed by atoms with Gasteiger partial charge >= 0.3 is 5.91 Å². The number of aromatic nitrogens is 2. The molecule has 0 aliphatic rings. The third-order valence-corrected chi connectivity index (χ3v) is 2.80. The number of halogens is 1. The molecule has 0 fully saturated rings. The molecule has 0 amide bonds. The van der Waals surface area contributed by atoms with Gasteiger partial charge in [-0.15, -0.1) is 0 Å². The highest BCUT2D eigenvalue weighted by atomic mass is 19.1. The first-order chi connectivity index (χ1) is 8.75. The highest BCUT2D eigenvalue weighted by molar-refractivity contribution is 6.00. The normalized spacial score (nSPS) is 10.7. The molecule has 0 atom stereocenters. The van der Waals surface area contributed by atoms with E-state index in [1.165, 1.54) is 22.8 Å². The first-order valence-electron chi connectivity index (χ1n) is 5.54. The average molecular weight is 241 g/mol. The molecule has 1 heterocycles. The molecule has 88 valence electrons. The van der Waals surface area contributed by atoms with Crippen LogP contribution >= 0.6 is 0 Å². The molecule has 0 unspecified atom stereocenters. The lowest BCUT2D eigenvalue weighted by Gasteiger charge is -1.97. The molecule has 0 saturated heterocycles. The van der Waals surface area contributed by atoms with Gasteiger partial charge in [0.25, 0.3) is 0 Å². The van der Waals surface area contributed by atoms with Crippen LogP contribution in [0, 0.1) is 5.82 Å². The van der Waals surface area contributed by atoms with E-state index >= 15 is 0 Å². The maximum Gasteiger partial charge on any atom is 0.346 e. The zero-order chi connectivity index (χ0) is 12.5. The third kappa shape index (κ3) is 1.68. The number of benzene rings is 2. The number of hydrogen-bond acceptors (Lipinski definition) is 1. The summed E-state index contributed by atoms with van der Waals surface area (Å²) in [7, 11) is 0. The summed E-state index contributed by atoms with van der Waals surface area (Å²) in [4.78, 5) is 15.3. The maximum absolute atomic E-state index is 13.1. The summed E-state index contributed by atoms with van der Waals surface area (Å²) in [6.45, 7) is 0. The van der Waals surface area contributed by atoms with Gasteiger partial charge < -0.3 is 0 Å². The molecule has 3 nitrogen and oxygen atoms in total. The summed E-state index contributed by atoms with van der Waals surface area (Å²) < 4.78 is 14.6. The number of carbonyl (C=O) groups excluding carboxylic acids is 1. The Bertz CT molecular complexity index is 733. The predicted molar refractivity (Wildman–Crippen MR) is 64.6 cm³/mol. The van der Waals surface area contributed by atoms with Gasteiger partial charge in [0.1, 0.15) is 5.82 Å². The summed E-state index contributed by atoms with van der Waals surface area (Å²) in [5.74, 6) is -0.673. The minimum absolute atomic E-state index is 0.257. The molecule has 1 N–H and O–H groups in total. The van der Waals surface area contributed by atoms with Crippen molar-refractivity contribution in [2.75, 3.05) is 0 Å². The van der Waals surface area contributed by atoms with E-state index in [4.69, 9.17) is 0 Å². The Labute approximate surface area is 103 Å². The second-order valence-corrected chi connectivity index (χ2v) is 3.98. The van der Waals surface area contributed by atoms with Crippen LogP contribution in [0.3, 0.4) is 0 Å². The number of fused-ring (bicyclic) bond motifs is 1. The minimum Gasteiger partial charge on any atom is -0.243 e. The molecule has 18 heavy (non-hydrogen) atoms. The van der Waals surface area contributed by atoms with Crippen molar-refractivity contribution < 1.29 is 14.2 Å². The molecular weight excluding hydrogens is 231 g/mol. The lowest BCUT2D eigenvalue weighted by molar-refractivity contribution is -0.345. The molecule has 0 bridgehead atoms. The summed E-state index contributed by atoms with van der Waals surface area (Å²) in [6, 6.07) is 13.1. The van der Waals surface area contributed by atoms with Gasteiger partial charge in [-0.05, 0) is 30.3 Å². The Kier molecular flexibility index (Phi) is 2.41. The fourth-order valence-electron chi connectivity index (χ4n) is 1.94. The first kappa shape index (κ1) is 10.7. The molecule has 0 saturated carbocycles. The van der Waals surface area contributed by atoms with Crippen molar-refractivity contribution in [3.05, 3.63) is 66.2 Å². The number of nitrogens with one attached hydrogen (secondary N) is 1. The van der Waals surface area contributed by atoms with Gasteiger partial charge in [-0.25, -0.2) is 14.2 Å². The van der Waals surface area contributed by atoms with Crippen molar-refractivity contribution in [2.45, 2.75) is 0 Å². The highest BCUT2D eigenvalue weighted by Gasteiger charge is 2.18. The van der Waals surface area contributed by atoms with E-state index < -0.39 is 5.82 Å². The van der Waals surface area contributed by atoms with Crippen LogP contribution in [0.25, 0.3) is 11.0 Å². The number of nitrogens with zero attached hydrogens (tertiary/aromatic N) is 1. The van der Waals surface area contributed by atoms with Crippen molar-refractivity contribution in [3.63, 3.8) is 0 Å². The third-order valence-electron chi connectivity index (χ3n) is 2.80. The van der Waals surface area contributed by atoms with Crippen molar-refractivity contribution in [3.8, 4) is 0 Å². The number of aromatic amines is 1. The number of rotatable bonds is 1. The quantitative estimate of drug-likeness (QED) is 0.644. The van der Waals surface area contributed by atoms with Crippen LogP contribution in [0.15, 0.2) is 54.9 Å². The average Bonchev–Trinajstić information content (AvgIpc) is 2.82. The highest BCUT2D eigenvalue weighted by Crippen LogP contribution is 2.12. The van der Waals surface area contributed by atoms with Crippen molar-refractivity contribution in [2.24, 2.45) is 0 Å². The minimum atomic E-state index is -0.415. The fraction of sp³-hybridized carbons (Fsp3) is 0. The van der Waals surface area contributed by atoms with Crippen molar-refractivity contribution >= 4 is 16.9 Å². The summed E-state index contributed by atoms with van der Waals surface area (Å²) >= 11 is 0. The van der Waals surface area contributed by atoms with Crippen LogP contribution in [0.5, 0.6) is 0 Å². The molecule has 0 spiro atoms. The second kappa shape index (κ2) is 4.07. The van der Waals surface area contributed by atoms with Crippen LogP contribution in [-0.2, 0) is 0 Å². The molecule has 2 aromatic carbocycles. The van der Waals surface area contributed by atoms with E-state index in [1.54, 1.807) is 12.4 Å². The number of H-pyrrole nitrogens is 1. The van der Waals surface area contributed by atoms with Crippen LogP contribution in [0.1, 0.15) is 10.4 Å². The largest absolute Gasteiger partial charge is 0.346 e. The molecular formula is C14H10FN2O+. The van der Waals surface area contributed by atoms with Gasteiger partial charge in [0.15, 0.2) is 11.0 Å². The zero-order valence-corrected chi connectivity index (χ0v) is 9.43. The Morgan fingerprint density at radius 1 is 1.11 bits per heavy atom. The first-order valence-corrected chi connectivity index (χ1v) is 5.54. The maximum atomic E-state index is 13.1. The van der Waals surface area contributed by atoms with Crippen molar-refractivity contribution in [1.82, 2.24) is 4.57 Å². The SMILES string of the molecule is O=C(c1cccc(F)c1)n1c[nH+]c2ccccc21. The Hall–Kier alpha value is -2.49. The van der Waals surface area contributed by atoms with E-state index in [0.717, 1.165) is 11.0 Å². The molecule has 3 rings (SSSR count). The molecule has 0 radical (unpaired) electrons. The standard InChI is InChI=1S/C14H9FN2O/c15-11-5-3-4-10(8-11)14(18)17-9-16-12-6-1-2-7-13(12)17/h1-9H/p+1. The summed E-state index contributed by atoms with van der Waals surface area (Å²) in [5, 5.41) is 0. The topological polar surface area (TPSA) is 36.1 Å². The molecule has 4 heteroatoms. The van der Waals surface area contributed by atoms with Crippen LogP contribution < -0.4 is 4.98 Å². The van der Waals surface area contributed by atoms with E-state index in [2.05, 4.69) is 4.98 Å². The van der Waals surface area contributed by atoms with Gasteiger partial charge in [-0.3, -0.25) is 0 Å². The monoisotopic (exact) mass is 241 g/mol. The van der Waals surface area contributed by atoms with Gasteiger partial charge in [-0.1, -0.05) is 18.2 Å². The lowest BCUT2D eigenvalue weighted by Crippen LogP contribution is -2.11. The molecule has 1 aromatic heterocycles. The summed E-state index contributed by atoms with van der Waals surface area (Å²) in [6.07, 6.45) is 1.58. The van der Waals surface area contributed by atoms with Gasteiger partial charge in [0, 0.05) is 0 Å². The predicted octanol–water partition coefficient (Wildman–Crippen LogP) is 2.28. The summed E-state index contributed by atoms with van der Waals surface area (Å²) in [5.41, 5.74) is 1.96. The Morgan fingerprint density at radius 3 is 2.78 bits per heavy atom. The Balaban J connectivity index is 2.12. The molecule has 0 aliphatic heterocycles. The van der Waals surface area contributed by atoms with E-state index in [-0.39, 0.29) is 5.91 Å².